The van der Waals surface area contributed by atoms with Gasteiger partial charge in [-0.05, 0) is 23.6 Å². The maximum atomic E-state index is 13.4. The van der Waals surface area contributed by atoms with Crippen LogP contribution >= 0.6 is 22.9 Å². The predicted octanol–water partition coefficient (Wildman–Crippen LogP) is 1.05. The molecule has 0 bridgehead atoms. The number of benzene rings is 1. The molecule has 34 heavy (non-hydrogen) atoms. The second-order valence-electron chi connectivity index (χ2n) is 8.00. The lowest BCUT2D eigenvalue weighted by Gasteiger charge is -2.42. The van der Waals surface area contributed by atoms with Crippen molar-refractivity contribution >= 4 is 55.0 Å². The Kier molecular flexibility index (Phi) is 5.96. The first kappa shape index (κ1) is 23.0. The molecule has 0 saturated carbocycles. The van der Waals surface area contributed by atoms with Gasteiger partial charge in [-0.3, -0.25) is 10.2 Å². The number of carbonyl (C=O) groups is 2. The maximum absolute atomic E-state index is 13.4. The summed E-state index contributed by atoms with van der Waals surface area (Å²) in [7, 11) is -2.41. The first-order valence-electron chi connectivity index (χ1n) is 10.6. The van der Waals surface area contributed by atoms with Crippen LogP contribution in [0.15, 0.2) is 40.1 Å². The van der Waals surface area contributed by atoms with Crippen LogP contribution < -0.4 is 16.1 Å². The molecule has 0 radical (unpaired) electrons. The van der Waals surface area contributed by atoms with Crippen LogP contribution in [0.3, 0.4) is 0 Å². The van der Waals surface area contributed by atoms with Crippen molar-refractivity contribution in [1.29, 1.82) is 0 Å². The van der Waals surface area contributed by atoms with E-state index >= 15 is 0 Å². The highest BCUT2D eigenvalue weighted by Gasteiger charge is 2.42. The van der Waals surface area contributed by atoms with Crippen molar-refractivity contribution in [1.82, 2.24) is 30.3 Å². The Balaban J connectivity index is 1.37. The van der Waals surface area contributed by atoms with E-state index in [4.69, 9.17) is 16.3 Å². The normalized spacial score (nSPS) is 21.1. The van der Waals surface area contributed by atoms with Gasteiger partial charge in [-0.15, -0.1) is 11.3 Å². The summed E-state index contributed by atoms with van der Waals surface area (Å²) < 4.78 is 34.5. The third kappa shape index (κ3) is 4.02. The van der Waals surface area contributed by atoms with Crippen molar-refractivity contribution in [3.63, 3.8) is 0 Å². The lowest BCUT2D eigenvalue weighted by Crippen LogP contribution is -2.64. The first-order valence-corrected chi connectivity index (χ1v) is 13.3. The molecule has 3 aliphatic rings. The molecular formula is C20H23ClN6O5S2. The predicted molar refractivity (Wildman–Crippen MR) is 126 cm³/mol. The largest absolute Gasteiger partial charge is 0.456 e. The van der Waals surface area contributed by atoms with Gasteiger partial charge in [0.25, 0.3) is 10.0 Å². The summed E-state index contributed by atoms with van der Waals surface area (Å²) in [6, 6.07) is 5.41. The fourth-order valence-electron chi connectivity index (χ4n) is 4.20. The van der Waals surface area contributed by atoms with Gasteiger partial charge in [-0.25, -0.2) is 18.2 Å². The fourth-order valence-corrected chi connectivity index (χ4v) is 7.46. The van der Waals surface area contributed by atoms with Crippen LogP contribution in [0.1, 0.15) is 6.42 Å². The number of halogens is 1. The highest BCUT2D eigenvalue weighted by molar-refractivity contribution is 7.91. The third-order valence-corrected chi connectivity index (χ3v) is 9.67. The van der Waals surface area contributed by atoms with Crippen molar-refractivity contribution in [3.8, 4) is 0 Å². The Labute approximate surface area is 205 Å². The number of hydrogen-bond acceptors (Lipinski definition) is 8. The van der Waals surface area contributed by atoms with Gasteiger partial charge in [0.15, 0.2) is 6.73 Å². The minimum absolute atomic E-state index is 0.0655. The van der Waals surface area contributed by atoms with Gasteiger partial charge < -0.3 is 20.3 Å². The van der Waals surface area contributed by atoms with Crippen molar-refractivity contribution in [2.45, 2.75) is 16.7 Å². The summed E-state index contributed by atoms with van der Waals surface area (Å²) in [5, 5.41) is 8.33. The molecule has 1 aromatic carbocycles. The lowest BCUT2D eigenvalue weighted by molar-refractivity contribution is -0.126. The molecule has 1 unspecified atom stereocenters. The minimum Gasteiger partial charge on any atom is -0.456 e. The average molecular weight is 527 g/mol. The van der Waals surface area contributed by atoms with E-state index in [-0.39, 0.29) is 23.8 Å². The maximum Gasteiger partial charge on any atom is 0.339 e. The zero-order valence-corrected chi connectivity index (χ0v) is 20.6. The molecule has 1 saturated heterocycles. The van der Waals surface area contributed by atoms with Crippen molar-refractivity contribution in [2.24, 2.45) is 0 Å². The quantitative estimate of drug-likeness (QED) is 0.546. The summed E-state index contributed by atoms with van der Waals surface area (Å²) in [6.07, 6.45) is 0.586. The van der Waals surface area contributed by atoms with Gasteiger partial charge >= 0.3 is 6.03 Å². The third-order valence-electron chi connectivity index (χ3n) is 6.02. The minimum atomic E-state index is -3.87. The smallest absolute Gasteiger partial charge is 0.339 e. The lowest BCUT2D eigenvalue weighted by atomic mass is 10.2. The molecule has 0 spiro atoms. The number of nitrogens with one attached hydrogen (secondary N) is 3. The molecule has 1 fully saturated rings. The number of urea groups is 1. The molecule has 3 amide bonds. The molecule has 4 heterocycles. The standard InChI is InChI=1S/C20H23ClN6O5S2/c1-22-18(28)15-10-25(34(30,31)17-8-12-2-3-13(21)9-16(12)33-17)6-7-26(15)20(29)27-5-4-14-19(24-27)32-11-23-14/h2-3,8-9,15,23-24H,4-7,10-11H2,1H3,(H,22,28). The zero-order chi connectivity index (χ0) is 24.0. The van der Waals surface area contributed by atoms with E-state index in [1.165, 1.54) is 21.3 Å². The van der Waals surface area contributed by atoms with Crippen molar-refractivity contribution in [2.75, 3.05) is 40.0 Å². The van der Waals surface area contributed by atoms with Gasteiger partial charge in [-0.1, -0.05) is 17.7 Å². The van der Waals surface area contributed by atoms with E-state index < -0.39 is 28.0 Å². The van der Waals surface area contributed by atoms with Gasteiger partial charge in [-0.2, -0.15) is 4.31 Å². The number of nitrogens with zero attached hydrogens (tertiary/aromatic N) is 3. The number of sulfonamides is 1. The molecule has 1 aromatic heterocycles. The van der Waals surface area contributed by atoms with Crippen molar-refractivity contribution < 1.29 is 22.7 Å². The molecular weight excluding hydrogens is 504 g/mol. The molecule has 2 aromatic rings. The van der Waals surface area contributed by atoms with E-state index in [9.17, 15) is 18.0 Å². The molecule has 3 N–H and O–H groups in total. The average Bonchev–Trinajstić information content (AvgIpc) is 3.49. The summed E-state index contributed by atoms with van der Waals surface area (Å²) in [5.74, 6) is 0.0502. The Hall–Kier alpha value is -2.74. The van der Waals surface area contributed by atoms with E-state index in [0.717, 1.165) is 27.1 Å². The van der Waals surface area contributed by atoms with Gasteiger partial charge in [0.05, 0.1) is 5.70 Å². The number of carbonyl (C=O) groups excluding carboxylic acids is 2. The topological polar surface area (TPSA) is 123 Å². The van der Waals surface area contributed by atoms with E-state index in [1.807, 2.05) is 0 Å². The molecule has 182 valence electrons. The molecule has 0 aliphatic carbocycles. The van der Waals surface area contributed by atoms with Gasteiger partial charge in [0, 0.05) is 49.4 Å². The number of hydrogen-bond donors (Lipinski definition) is 3. The summed E-state index contributed by atoms with van der Waals surface area (Å²) in [6.45, 7) is 0.702. The number of fused-ring (bicyclic) bond motifs is 1. The Morgan fingerprint density at radius 3 is 2.85 bits per heavy atom. The van der Waals surface area contributed by atoms with Crippen molar-refractivity contribution in [3.05, 3.63) is 40.9 Å². The van der Waals surface area contributed by atoms with Gasteiger partial charge in [0.1, 0.15) is 10.3 Å². The number of rotatable bonds is 3. The summed E-state index contributed by atoms with van der Waals surface area (Å²) >= 11 is 7.17. The van der Waals surface area contributed by atoms with Gasteiger partial charge in [0.2, 0.25) is 11.8 Å². The summed E-state index contributed by atoms with van der Waals surface area (Å²) in [5.41, 5.74) is 3.84. The summed E-state index contributed by atoms with van der Waals surface area (Å²) in [4.78, 5) is 27.4. The number of piperazine rings is 1. The number of amides is 3. The van der Waals surface area contributed by atoms with E-state index in [2.05, 4.69) is 16.1 Å². The number of ether oxygens (including phenoxy) is 1. The second kappa shape index (κ2) is 8.80. The Bertz CT molecular complexity index is 1300. The number of likely N-dealkylation sites (N-methyl/N-ethyl adjacent to an activating group) is 1. The zero-order valence-electron chi connectivity index (χ0n) is 18.2. The molecule has 11 nitrogen and oxygen atoms in total. The molecule has 5 rings (SSSR count). The van der Waals surface area contributed by atoms with Crippen LogP contribution in [-0.2, 0) is 19.6 Å². The van der Waals surface area contributed by atoms with E-state index in [0.29, 0.717) is 30.6 Å². The molecule has 1 atom stereocenters. The molecule has 3 aliphatic heterocycles. The monoisotopic (exact) mass is 526 g/mol. The van der Waals surface area contributed by atoms with Crippen LogP contribution in [-0.4, -0.2) is 80.6 Å². The van der Waals surface area contributed by atoms with E-state index in [1.54, 1.807) is 24.3 Å². The van der Waals surface area contributed by atoms with Crippen LogP contribution in [0, 0.1) is 0 Å². The molecule has 14 heteroatoms. The Morgan fingerprint density at radius 2 is 2.06 bits per heavy atom. The number of hydrazine groups is 1. The second-order valence-corrected chi connectivity index (χ2v) is 11.7. The SMILES string of the molecule is CNC(=O)C1CN(S(=O)(=O)c2cc3ccc(Cl)cc3s2)CCN1C(=O)N1CCC2=C(N1)OCN2. The van der Waals surface area contributed by atoms with Crippen LogP contribution in [0.25, 0.3) is 10.1 Å². The van der Waals surface area contributed by atoms with Crippen LogP contribution in [0.4, 0.5) is 4.79 Å². The van der Waals surface area contributed by atoms with Crippen LogP contribution in [0.5, 0.6) is 0 Å². The highest BCUT2D eigenvalue weighted by atomic mass is 35.5. The fraction of sp³-hybridized carbons (Fsp3) is 0.400. The Morgan fingerprint density at radius 1 is 1.24 bits per heavy atom. The highest BCUT2D eigenvalue weighted by Crippen LogP contribution is 2.33. The van der Waals surface area contributed by atoms with Crippen LogP contribution in [0.2, 0.25) is 5.02 Å². The number of thiophene rings is 1. The first-order chi connectivity index (χ1) is 16.3.